The van der Waals surface area contributed by atoms with Crippen molar-refractivity contribution in [3.05, 3.63) is 12.0 Å². The van der Waals surface area contributed by atoms with Crippen molar-refractivity contribution in [3.63, 3.8) is 0 Å². The monoisotopic (exact) mass is 178 g/mol. The molecule has 0 aliphatic carbocycles. The molecule has 0 saturated heterocycles. The van der Waals surface area contributed by atoms with Crippen molar-refractivity contribution in [2.24, 2.45) is 0 Å². The second-order valence-electron chi connectivity index (χ2n) is 1.96. The third kappa shape index (κ3) is 2.77. The van der Waals surface area contributed by atoms with Crippen molar-refractivity contribution in [2.45, 2.75) is 12.2 Å². The van der Waals surface area contributed by atoms with Gasteiger partial charge in [-0.2, -0.15) is 0 Å². The smallest absolute Gasteiger partial charge is 0.293 e. The van der Waals surface area contributed by atoms with Gasteiger partial charge < -0.3 is 25.2 Å². The molecule has 0 rings (SSSR count). The average Bonchev–Trinajstić information content (AvgIpc) is 2.11. The number of aliphatic hydroxyl groups is 4. The van der Waals surface area contributed by atoms with Gasteiger partial charge in [0.2, 0.25) is 0 Å². The van der Waals surface area contributed by atoms with E-state index >= 15 is 0 Å². The highest BCUT2D eigenvalue weighted by Crippen LogP contribution is 2.06. The lowest BCUT2D eigenvalue weighted by Gasteiger charge is -2.17. The number of carbonyl (C=O) groups excluding carboxylic acids is 1. The zero-order chi connectivity index (χ0) is 9.56. The van der Waals surface area contributed by atoms with Crippen molar-refractivity contribution < 1.29 is 30.0 Å². The molecule has 0 aromatic heterocycles. The predicted molar refractivity (Wildman–Crippen MR) is 37.4 cm³/mol. The Labute approximate surface area is 68.3 Å². The Kier molecular flexibility index (Phi) is 4.82. The molecule has 0 saturated carbocycles. The minimum Gasteiger partial charge on any atom is -0.512 e. The maximum atomic E-state index is 9.82. The lowest BCUT2D eigenvalue weighted by molar-refractivity contribution is -0.140. The summed E-state index contributed by atoms with van der Waals surface area (Å²) in [7, 11) is 0. The number of ether oxygens (including phenoxy) is 1. The standard InChI is InChI=1S/C6H10O6/c7-1-4(10)6(12-3-9)5(11)2-8/h1,3,5-8,10-11H,2H2/b4-1-/t5?,6-/m0/s1. The number of aliphatic hydroxyl groups excluding tert-OH is 4. The van der Waals surface area contributed by atoms with Gasteiger partial charge in [-0.25, -0.2) is 0 Å². The van der Waals surface area contributed by atoms with Gasteiger partial charge >= 0.3 is 0 Å². The second kappa shape index (κ2) is 5.39. The third-order valence-electron chi connectivity index (χ3n) is 1.16. The highest BCUT2D eigenvalue weighted by Gasteiger charge is 2.24. The molecule has 0 fully saturated rings. The zero-order valence-corrected chi connectivity index (χ0v) is 6.12. The first kappa shape index (κ1) is 10.7. The van der Waals surface area contributed by atoms with Crippen LogP contribution < -0.4 is 0 Å². The van der Waals surface area contributed by atoms with Crippen molar-refractivity contribution in [2.75, 3.05) is 6.61 Å². The van der Waals surface area contributed by atoms with Crippen LogP contribution >= 0.6 is 0 Å². The van der Waals surface area contributed by atoms with E-state index in [4.69, 9.17) is 20.4 Å². The Morgan fingerprint density at radius 1 is 1.58 bits per heavy atom. The summed E-state index contributed by atoms with van der Waals surface area (Å²) < 4.78 is 4.18. The van der Waals surface area contributed by atoms with Crippen molar-refractivity contribution >= 4 is 6.47 Å². The average molecular weight is 178 g/mol. The molecule has 0 aromatic carbocycles. The van der Waals surface area contributed by atoms with Gasteiger partial charge in [0.1, 0.15) is 12.4 Å². The molecule has 0 heterocycles. The fourth-order valence-electron chi connectivity index (χ4n) is 0.587. The molecule has 0 aromatic rings. The molecule has 0 aliphatic heterocycles. The van der Waals surface area contributed by atoms with Crippen molar-refractivity contribution in [3.8, 4) is 0 Å². The largest absolute Gasteiger partial charge is 0.512 e. The second-order valence-corrected chi connectivity index (χ2v) is 1.96. The maximum absolute atomic E-state index is 9.82. The first-order chi connectivity index (χ1) is 5.67. The van der Waals surface area contributed by atoms with Crippen LogP contribution in [0.1, 0.15) is 0 Å². The van der Waals surface area contributed by atoms with Crippen LogP contribution in [-0.2, 0) is 9.53 Å². The minimum absolute atomic E-state index is 0.0106. The maximum Gasteiger partial charge on any atom is 0.293 e. The molecule has 0 radical (unpaired) electrons. The van der Waals surface area contributed by atoms with E-state index < -0.39 is 24.6 Å². The van der Waals surface area contributed by atoms with Gasteiger partial charge in [-0.3, -0.25) is 4.79 Å². The molecule has 2 atom stereocenters. The van der Waals surface area contributed by atoms with Crippen LogP contribution in [0.4, 0.5) is 0 Å². The van der Waals surface area contributed by atoms with Crippen molar-refractivity contribution in [1.82, 2.24) is 0 Å². The van der Waals surface area contributed by atoms with Crippen LogP contribution in [0.5, 0.6) is 0 Å². The van der Waals surface area contributed by atoms with E-state index in [-0.39, 0.29) is 12.7 Å². The number of carbonyl (C=O) groups is 1. The summed E-state index contributed by atoms with van der Waals surface area (Å²) in [6.07, 6.45) is -2.62. The van der Waals surface area contributed by atoms with Crippen LogP contribution in [0.25, 0.3) is 0 Å². The van der Waals surface area contributed by atoms with Gasteiger partial charge in [-0.05, 0) is 0 Å². The Bertz CT molecular complexity index is 165. The number of hydrogen-bond donors (Lipinski definition) is 4. The molecule has 6 nitrogen and oxygen atoms in total. The van der Waals surface area contributed by atoms with Gasteiger partial charge in [0.25, 0.3) is 6.47 Å². The Morgan fingerprint density at radius 3 is 2.50 bits per heavy atom. The molecule has 12 heavy (non-hydrogen) atoms. The summed E-state index contributed by atoms with van der Waals surface area (Å²) in [5, 5.41) is 34.4. The summed E-state index contributed by atoms with van der Waals surface area (Å²) >= 11 is 0. The molecular formula is C6H10O6. The molecule has 1 unspecified atom stereocenters. The van der Waals surface area contributed by atoms with Crippen LogP contribution in [0.3, 0.4) is 0 Å². The topological polar surface area (TPSA) is 107 Å². The highest BCUT2D eigenvalue weighted by molar-refractivity contribution is 5.38. The summed E-state index contributed by atoms with van der Waals surface area (Å²) in [6, 6.07) is 0. The first-order valence-electron chi connectivity index (χ1n) is 3.08. The van der Waals surface area contributed by atoms with E-state index in [1.165, 1.54) is 0 Å². The molecule has 0 bridgehead atoms. The molecule has 6 heteroatoms. The van der Waals surface area contributed by atoms with Crippen LogP contribution in [0.15, 0.2) is 12.0 Å². The lowest BCUT2D eigenvalue weighted by Crippen LogP contribution is -2.33. The van der Waals surface area contributed by atoms with E-state index in [2.05, 4.69) is 4.74 Å². The van der Waals surface area contributed by atoms with Crippen LogP contribution in [-0.4, -0.2) is 45.7 Å². The Hall–Kier alpha value is -1.27. The minimum atomic E-state index is -1.46. The molecule has 70 valence electrons. The van der Waals surface area contributed by atoms with E-state index in [9.17, 15) is 4.79 Å². The van der Waals surface area contributed by atoms with E-state index in [1.807, 2.05) is 0 Å². The zero-order valence-electron chi connectivity index (χ0n) is 6.12. The summed E-state index contributed by atoms with van der Waals surface area (Å²) in [5.41, 5.74) is 0. The molecule has 0 spiro atoms. The van der Waals surface area contributed by atoms with E-state index in [0.717, 1.165) is 0 Å². The fraction of sp³-hybridized carbons (Fsp3) is 0.500. The SMILES string of the molecule is O=CO[C@@H](/C(O)=C/O)C(O)CO. The number of hydrogen-bond acceptors (Lipinski definition) is 6. The van der Waals surface area contributed by atoms with Gasteiger partial charge in [0.05, 0.1) is 6.61 Å². The summed E-state index contributed by atoms with van der Waals surface area (Å²) in [6.45, 7) is -0.709. The van der Waals surface area contributed by atoms with Gasteiger partial charge in [-0.1, -0.05) is 0 Å². The molecule has 0 aliphatic rings. The van der Waals surface area contributed by atoms with Gasteiger partial charge in [-0.15, -0.1) is 0 Å². The highest BCUT2D eigenvalue weighted by atomic mass is 16.5. The Morgan fingerprint density at radius 2 is 2.17 bits per heavy atom. The quantitative estimate of drug-likeness (QED) is 0.312. The molecular weight excluding hydrogens is 168 g/mol. The van der Waals surface area contributed by atoms with E-state index in [1.54, 1.807) is 0 Å². The predicted octanol–water partition coefficient (Wildman–Crippen LogP) is -1.16. The summed E-state index contributed by atoms with van der Waals surface area (Å²) in [5.74, 6) is -0.733. The third-order valence-corrected chi connectivity index (χ3v) is 1.16. The molecule has 0 amide bonds. The fourth-order valence-corrected chi connectivity index (χ4v) is 0.587. The van der Waals surface area contributed by atoms with Crippen LogP contribution in [0.2, 0.25) is 0 Å². The first-order valence-corrected chi connectivity index (χ1v) is 3.08. The van der Waals surface area contributed by atoms with E-state index in [0.29, 0.717) is 0 Å². The summed E-state index contributed by atoms with van der Waals surface area (Å²) in [4.78, 5) is 9.82. The van der Waals surface area contributed by atoms with Crippen LogP contribution in [0, 0.1) is 0 Å². The number of rotatable bonds is 5. The lowest BCUT2D eigenvalue weighted by atomic mass is 10.2. The van der Waals surface area contributed by atoms with Crippen molar-refractivity contribution in [1.29, 1.82) is 0 Å². The molecule has 4 N–H and O–H groups in total. The van der Waals surface area contributed by atoms with Gasteiger partial charge in [0.15, 0.2) is 11.9 Å². The Balaban J connectivity index is 4.31. The van der Waals surface area contributed by atoms with Gasteiger partial charge in [0, 0.05) is 0 Å². The normalized spacial score (nSPS) is 16.7.